The first kappa shape index (κ1) is 18.5. The van der Waals surface area contributed by atoms with E-state index < -0.39 is 0 Å². The molecule has 0 spiro atoms. The molecule has 0 aliphatic rings. The van der Waals surface area contributed by atoms with Gasteiger partial charge >= 0.3 is 0 Å². The Morgan fingerprint density at radius 2 is 1.96 bits per heavy atom. The first-order chi connectivity index (χ1) is 12.9. The summed E-state index contributed by atoms with van der Waals surface area (Å²) in [5, 5.41) is 23.8. The number of aryl methyl sites for hydroxylation is 1. The average Bonchev–Trinajstić information content (AvgIpc) is 2.64. The Morgan fingerprint density at radius 1 is 1.19 bits per heavy atom. The van der Waals surface area contributed by atoms with Crippen molar-refractivity contribution in [2.45, 2.75) is 26.7 Å². The third kappa shape index (κ3) is 3.65. The molecule has 0 fully saturated rings. The average molecular weight is 366 g/mol. The second-order valence-electron chi connectivity index (χ2n) is 6.39. The van der Waals surface area contributed by atoms with Crippen molar-refractivity contribution in [1.29, 1.82) is 0 Å². The van der Waals surface area contributed by atoms with Crippen LogP contribution in [0.5, 0.6) is 17.2 Å². The second-order valence-corrected chi connectivity index (χ2v) is 6.39. The lowest BCUT2D eigenvalue weighted by Crippen LogP contribution is -2.06. The lowest BCUT2D eigenvalue weighted by Gasteiger charge is -2.17. The van der Waals surface area contributed by atoms with E-state index in [0.29, 0.717) is 46.4 Å². The van der Waals surface area contributed by atoms with E-state index in [4.69, 9.17) is 4.74 Å². The number of carbonyl (C=O) groups is 1. The Kier molecular flexibility index (Phi) is 5.16. The Labute approximate surface area is 157 Å². The van der Waals surface area contributed by atoms with E-state index >= 15 is 0 Å². The number of aromatic nitrogens is 1. The molecular formula is C21H22N2O4. The van der Waals surface area contributed by atoms with Crippen LogP contribution in [0.2, 0.25) is 0 Å². The number of benzene rings is 2. The maximum absolute atomic E-state index is 12.7. The first-order valence-electron chi connectivity index (χ1n) is 8.74. The van der Waals surface area contributed by atoms with E-state index in [2.05, 4.69) is 10.3 Å². The summed E-state index contributed by atoms with van der Waals surface area (Å²) in [6.07, 6.45) is 2.63. The minimum Gasteiger partial charge on any atom is -0.508 e. The molecule has 0 saturated heterocycles. The van der Waals surface area contributed by atoms with Crippen LogP contribution >= 0.6 is 0 Å². The molecule has 0 aliphatic heterocycles. The molecule has 3 N–H and O–H groups in total. The van der Waals surface area contributed by atoms with Crippen molar-refractivity contribution in [2.75, 3.05) is 12.4 Å². The van der Waals surface area contributed by atoms with Gasteiger partial charge in [-0.05, 0) is 31.0 Å². The van der Waals surface area contributed by atoms with E-state index in [-0.39, 0.29) is 17.3 Å². The van der Waals surface area contributed by atoms with Gasteiger partial charge in [0.05, 0.1) is 18.4 Å². The van der Waals surface area contributed by atoms with Gasteiger partial charge in [-0.2, -0.15) is 0 Å². The quantitative estimate of drug-likeness (QED) is 0.548. The van der Waals surface area contributed by atoms with Gasteiger partial charge in [0.2, 0.25) is 0 Å². The highest BCUT2D eigenvalue weighted by atomic mass is 16.5. The van der Waals surface area contributed by atoms with Crippen LogP contribution in [0, 0.1) is 6.92 Å². The number of anilines is 2. The van der Waals surface area contributed by atoms with Crippen molar-refractivity contribution in [3.05, 3.63) is 47.7 Å². The fourth-order valence-corrected chi connectivity index (χ4v) is 3.00. The van der Waals surface area contributed by atoms with Gasteiger partial charge in [-0.15, -0.1) is 0 Å². The summed E-state index contributed by atoms with van der Waals surface area (Å²) in [4.78, 5) is 17.1. The molecule has 0 radical (unpaired) electrons. The van der Waals surface area contributed by atoms with Crippen LogP contribution in [0.4, 0.5) is 11.4 Å². The molecule has 0 saturated carbocycles. The summed E-state index contributed by atoms with van der Waals surface area (Å²) >= 11 is 0. The molecule has 0 unspecified atom stereocenters. The molecule has 1 heterocycles. The highest BCUT2D eigenvalue weighted by Gasteiger charge is 2.19. The van der Waals surface area contributed by atoms with Crippen molar-refractivity contribution in [2.24, 2.45) is 0 Å². The SMILES string of the molecule is CCCC(=O)c1cnc2c(OC)cc(O)cc2c1Nc1cc(O)ccc1C. The van der Waals surface area contributed by atoms with Gasteiger partial charge < -0.3 is 20.3 Å². The molecule has 140 valence electrons. The fraction of sp³-hybridized carbons (Fsp3) is 0.238. The van der Waals surface area contributed by atoms with Gasteiger partial charge in [-0.1, -0.05) is 13.0 Å². The predicted octanol–water partition coefficient (Wildman–Crippen LogP) is 4.69. The van der Waals surface area contributed by atoms with Gasteiger partial charge in [0, 0.05) is 35.8 Å². The van der Waals surface area contributed by atoms with E-state index in [1.54, 1.807) is 24.3 Å². The monoisotopic (exact) mass is 366 g/mol. The largest absolute Gasteiger partial charge is 0.508 e. The zero-order chi connectivity index (χ0) is 19.6. The number of fused-ring (bicyclic) bond motifs is 1. The fourth-order valence-electron chi connectivity index (χ4n) is 3.00. The Balaban J connectivity index is 2.27. The molecule has 2 aromatic carbocycles. The molecule has 0 amide bonds. The molecule has 0 atom stereocenters. The topological polar surface area (TPSA) is 91.7 Å². The molecular weight excluding hydrogens is 344 g/mol. The molecule has 0 bridgehead atoms. The molecule has 0 aliphatic carbocycles. The second kappa shape index (κ2) is 7.53. The van der Waals surface area contributed by atoms with E-state index in [1.165, 1.54) is 19.4 Å². The van der Waals surface area contributed by atoms with Crippen LogP contribution in [0.25, 0.3) is 10.9 Å². The van der Waals surface area contributed by atoms with E-state index in [9.17, 15) is 15.0 Å². The predicted molar refractivity (Wildman–Crippen MR) is 105 cm³/mol. The zero-order valence-corrected chi connectivity index (χ0v) is 15.5. The maximum Gasteiger partial charge on any atom is 0.166 e. The maximum atomic E-state index is 12.7. The number of hydrogen-bond acceptors (Lipinski definition) is 6. The Morgan fingerprint density at radius 3 is 2.67 bits per heavy atom. The minimum atomic E-state index is -0.0467. The highest BCUT2D eigenvalue weighted by Crippen LogP contribution is 2.38. The molecule has 6 nitrogen and oxygen atoms in total. The number of aromatic hydroxyl groups is 2. The smallest absolute Gasteiger partial charge is 0.166 e. The number of Topliss-reactive ketones (excluding diaryl/α,β-unsaturated/α-hetero) is 1. The number of carbonyl (C=O) groups excluding carboxylic acids is 1. The normalized spacial score (nSPS) is 10.8. The van der Waals surface area contributed by atoms with Gasteiger partial charge in [-0.3, -0.25) is 9.78 Å². The van der Waals surface area contributed by atoms with Gasteiger partial charge in [0.15, 0.2) is 5.78 Å². The number of nitrogens with one attached hydrogen (secondary N) is 1. The van der Waals surface area contributed by atoms with Crippen molar-refractivity contribution in [1.82, 2.24) is 4.98 Å². The van der Waals surface area contributed by atoms with Crippen LogP contribution < -0.4 is 10.1 Å². The first-order valence-corrected chi connectivity index (χ1v) is 8.74. The van der Waals surface area contributed by atoms with Gasteiger partial charge in [0.25, 0.3) is 0 Å². The molecule has 1 aromatic heterocycles. The lowest BCUT2D eigenvalue weighted by atomic mass is 10.0. The summed E-state index contributed by atoms with van der Waals surface area (Å²) in [6.45, 7) is 3.84. The minimum absolute atomic E-state index is 0.0110. The summed E-state index contributed by atoms with van der Waals surface area (Å²) in [5.41, 5.74) is 3.05. The highest BCUT2D eigenvalue weighted by molar-refractivity contribution is 6.10. The van der Waals surface area contributed by atoms with Crippen molar-refractivity contribution < 1.29 is 19.7 Å². The zero-order valence-electron chi connectivity index (χ0n) is 15.5. The third-order valence-corrected chi connectivity index (χ3v) is 4.40. The van der Waals surface area contributed by atoms with Gasteiger partial charge in [-0.25, -0.2) is 0 Å². The number of phenols is 2. The number of hydrogen-bond donors (Lipinski definition) is 3. The summed E-state index contributed by atoms with van der Waals surface area (Å²) in [5.74, 6) is 0.491. The Bertz CT molecular complexity index is 1010. The summed E-state index contributed by atoms with van der Waals surface area (Å²) in [7, 11) is 1.50. The number of rotatable bonds is 6. The molecule has 27 heavy (non-hydrogen) atoms. The summed E-state index contributed by atoms with van der Waals surface area (Å²) in [6, 6.07) is 8.01. The van der Waals surface area contributed by atoms with Crippen LogP contribution in [-0.4, -0.2) is 28.1 Å². The van der Waals surface area contributed by atoms with Crippen molar-refractivity contribution >= 4 is 28.1 Å². The number of nitrogens with zero attached hydrogens (tertiary/aromatic N) is 1. The number of ether oxygens (including phenoxy) is 1. The third-order valence-electron chi connectivity index (χ3n) is 4.40. The standard InChI is InChI=1S/C21H22N2O4/c1-4-5-18(26)16-11-22-21-15(8-14(25)10-19(21)27-3)20(16)23-17-9-13(24)7-6-12(17)2/h6-11,24-25H,4-5H2,1-3H3,(H,22,23). The number of methoxy groups -OCH3 is 1. The van der Waals surface area contributed by atoms with E-state index in [0.717, 1.165) is 5.56 Å². The van der Waals surface area contributed by atoms with Crippen molar-refractivity contribution in [3.8, 4) is 17.2 Å². The van der Waals surface area contributed by atoms with Gasteiger partial charge in [0.1, 0.15) is 22.8 Å². The number of ketones is 1. The van der Waals surface area contributed by atoms with Crippen molar-refractivity contribution in [3.63, 3.8) is 0 Å². The van der Waals surface area contributed by atoms with Crippen LogP contribution in [0.15, 0.2) is 36.5 Å². The Hall–Kier alpha value is -3.28. The van der Waals surface area contributed by atoms with E-state index in [1.807, 2.05) is 13.8 Å². The number of phenolic OH excluding ortho intramolecular Hbond substituents is 2. The molecule has 3 aromatic rings. The lowest BCUT2D eigenvalue weighted by molar-refractivity contribution is 0.0982. The summed E-state index contributed by atoms with van der Waals surface area (Å²) < 4.78 is 5.33. The number of pyridine rings is 1. The van der Waals surface area contributed by atoms with Crippen LogP contribution in [0.3, 0.4) is 0 Å². The molecule has 6 heteroatoms. The van der Waals surface area contributed by atoms with Crippen LogP contribution in [-0.2, 0) is 0 Å². The molecule has 3 rings (SSSR count). The van der Waals surface area contributed by atoms with Crippen LogP contribution in [0.1, 0.15) is 35.7 Å².